The van der Waals surface area contributed by atoms with Crippen molar-refractivity contribution < 1.29 is 13.2 Å². The van der Waals surface area contributed by atoms with Gasteiger partial charge in [0.2, 0.25) is 0 Å². The predicted octanol–water partition coefficient (Wildman–Crippen LogP) is 3.30. The van der Waals surface area contributed by atoms with E-state index in [-0.39, 0.29) is 6.04 Å². The van der Waals surface area contributed by atoms with Gasteiger partial charge in [-0.3, -0.25) is 0 Å². The number of halogens is 3. The zero-order valence-electron chi connectivity index (χ0n) is 9.06. The smallest absolute Gasteiger partial charge is 0.310 e. The molecule has 1 heterocycles. The Morgan fingerprint density at radius 2 is 2.12 bits per heavy atom. The van der Waals surface area contributed by atoms with Crippen molar-refractivity contribution in [1.29, 1.82) is 0 Å². The first-order valence-electron chi connectivity index (χ1n) is 5.46. The highest BCUT2D eigenvalue weighted by Crippen LogP contribution is 2.37. The van der Waals surface area contributed by atoms with Crippen LogP contribution in [0.2, 0.25) is 0 Å². The Morgan fingerprint density at radius 3 is 2.75 bits per heavy atom. The van der Waals surface area contributed by atoms with Crippen LogP contribution in [0.25, 0.3) is 0 Å². The zero-order chi connectivity index (χ0) is 11.8. The number of hydrogen-bond donors (Lipinski definition) is 1. The molecule has 1 aliphatic rings. The summed E-state index contributed by atoms with van der Waals surface area (Å²) >= 11 is 0. The third-order valence-corrected chi connectivity index (χ3v) is 3.07. The molecule has 2 rings (SSSR count). The van der Waals surface area contributed by atoms with Gasteiger partial charge in [0.25, 0.3) is 0 Å². The normalized spacial score (nSPS) is 20.6. The Bertz CT molecular complexity index is 384. The summed E-state index contributed by atoms with van der Waals surface area (Å²) in [6.07, 6.45) is -2.96. The quantitative estimate of drug-likeness (QED) is 0.779. The van der Waals surface area contributed by atoms with Gasteiger partial charge in [0, 0.05) is 6.04 Å². The van der Waals surface area contributed by atoms with Crippen molar-refractivity contribution in [1.82, 2.24) is 5.32 Å². The van der Waals surface area contributed by atoms with Gasteiger partial charge in [0.1, 0.15) is 0 Å². The largest absolute Gasteiger partial charge is 0.416 e. The summed E-state index contributed by atoms with van der Waals surface area (Å²) in [6.45, 7) is 2.60. The van der Waals surface area contributed by atoms with Crippen LogP contribution >= 0.6 is 0 Å². The minimum absolute atomic E-state index is 0.0612. The summed E-state index contributed by atoms with van der Waals surface area (Å²) in [5.41, 5.74) is 0.814. The molecule has 0 fully saturated rings. The van der Waals surface area contributed by atoms with Crippen LogP contribution in [0, 0.1) is 0 Å². The first-order valence-corrected chi connectivity index (χ1v) is 5.46. The molecule has 0 aromatic heterocycles. The molecule has 0 saturated carbocycles. The van der Waals surface area contributed by atoms with Crippen LogP contribution in [0.5, 0.6) is 0 Å². The van der Waals surface area contributed by atoms with Crippen LogP contribution in [-0.4, -0.2) is 6.54 Å². The molecule has 0 radical (unpaired) electrons. The summed E-state index contributed by atoms with van der Waals surface area (Å²) in [5.74, 6) is 0. The summed E-state index contributed by atoms with van der Waals surface area (Å²) < 4.78 is 38.4. The van der Waals surface area contributed by atoms with E-state index in [4.69, 9.17) is 0 Å². The average molecular weight is 229 g/mol. The minimum Gasteiger partial charge on any atom is -0.310 e. The fourth-order valence-corrected chi connectivity index (χ4v) is 2.32. The summed E-state index contributed by atoms with van der Waals surface area (Å²) in [5, 5.41) is 3.24. The molecular weight excluding hydrogens is 215 g/mol. The third-order valence-electron chi connectivity index (χ3n) is 3.07. The van der Waals surface area contributed by atoms with Gasteiger partial charge in [0.15, 0.2) is 0 Å². The Kier molecular flexibility index (Phi) is 2.93. The van der Waals surface area contributed by atoms with Crippen molar-refractivity contribution >= 4 is 0 Å². The fraction of sp³-hybridized carbons (Fsp3) is 0.500. The van der Waals surface area contributed by atoms with E-state index in [1.807, 2.05) is 6.92 Å². The highest BCUT2D eigenvalue weighted by atomic mass is 19.4. The van der Waals surface area contributed by atoms with Gasteiger partial charge < -0.3 is 5.32 Å². The van der Waals surface area contributed by atoms with Gasteiger partial charge in [-0.1, -0.05) is 19.1 Å². The molecule has 4 heteroatoms. The molecule has 1 aromatic carbocycles. The monoisotopic (exact) mass is 229 g/mol. The van der Waals surface area contributed by atoms with Crippen molar-refractivity contribution in [2.45, 2.75) is 32.0 Å². The second-order valence-electron chi connectivity index (χ2n) is 4.04. The summed E-state index contributed by atoms with van der Waals surface area (Å²) in [4.78, 5) is 0. The third kappa shape index (κ3) is 1.94. The molecule has 0 aliphatic carbocycles. The molecule has 1 aromatic rings. The molecule has 16 heavy (non-hydrogen) atoms. The van der Waals surface area contributed by atoms with Crippen molar-refractivity contribution in [3.05, 3.63) is 34.9 Å². The highest BCUT2D eigenvalue weighted by molar-refractivity contribution is 5.40. The molecule has 1 atom stereocenters. The molecule has 1 unspecified atom stereocenters. The number of hydrogen-bond acceptors (Lipinski definition) is 1. The predicted molar refractivity (Wildman–Crippen MR) is 56.2 cm³/mol. The van der Waals surface area contributed by atoms with E-state index >= 15 is 0 Å². The molecule has 88 valence electrons. The van der Waals surface area contributed by atoms with E-state index in [1.165, 1.54) is 12.1 Å². The lowest BCUT2D eigenvalue weighted by atomic mass is 9.89. The first-order chi connectivity index (χ1) is 7.54. The second-order valence-corrected chi connectivity index (χ2v) is 4.04. The maximum atomic E-state index is 12.8. The van der Waals surface area contributed by atoms with E-state index in [2.05, 4.69) is 5.32 Å². The molecule has 0 amide bonds. The SMILES string of the molecule is CCC1NCCc2c1cccc2C(F)(F)F. The van der Waals surface area contributed by atoms with Crippen LogP contribution < -0.4 is 5.32 Å². The molecule has 1 nitrogen and oxygen atoms in total. The van der Waals surface area contributed by atoms with E-state index in [0.29, 0.717) is 18.5 Å². The molecule has 1 aliphatic heterocycles. The summed E-state index contributed by atoms with van der Waals surface area (Å²) in [6, 6.07) is 4.53. The van der Waals surface area contributed by atoms with Gasteiger partial charge >= 0.3 is 6.18 Å². The van der Waals surface area contributed by atoms with Crippen LogP contribution in [0.15, 0.2) is 18.2 Å². The Labute approximate surface area is 92.7 Å². The van der Waals surface area contributed by atoms with Crippen LogP contribution in [-0.2, 0) is 12.6 Å². The van der Waals surface area contributed by atoms with Gasteiger partial charge in [-0.2, -0.15) is 13.2 Å². The standard InChI is InChI=1S/C12H14F3N/c1-2-11-9-4-3-5-10(12(13,14)15)8(9)6-7-16-11/h3-5,11,16H,2,6-7H2,1H3. The fourth-order valence-electron chi connectivity index (χ4n) is 2.32. The number of alkyl halides is 3. The molecule has 0 saturated heterocycles. The summed E-state index contributed by atoms with van der Waals surface area (Å²) in [7, 11) is 0. The molecule has 1 N–H and O–H groups in total. The highest BCUT2D eigenvalue weighted by Gasteiger charge is 2.35. The number of nitrogens with one attached hydrogen (secondary N) is 1. The molecular formula is C12H14F3N. The van der Waals surface area contributed by atoms with Crippen LogP contribution in [0.4, 0.5) is 13.2 Å². The lowest BCUT2D eigenvalue weighted by molar-refractivity contribution is -0.138. The number of rotatable bonds is 1. The minimum atomic E-state index is -4.24. The van der Waals surface area contributed by atoms with Crippen molar-refractivity contribution in [2.24, 2.45) is 0 Å². The van der Waals surface area contributed by atoms with Gasteiger partial charge in [0.05, 0.1) is 5.56 Å². The van der Waals surface area contributed by atoms with E-state index < -0.39 is 11.7 Å². The Morgan fingerprint density at radius 1 is 1.38 bits per heavy atom. The van der Waals surface area contributed by atoms with Gasteiger partial charge in [-0.25, -0.2) is 0 Å². The number of benzene rings is 1. The van der Waals surface area contributed by atoms with Crippen LogP contribution in [0.1, 0.15) is 36.1 Å². The average Bonchev–Trinajstić information content (AvgIpc) is 2.26. The maximum Gasteiger partial charge on any atom is 0.416 e. The Hall–Kier alpha value is -1.03. The van der Waals surface area contributed by atoms with E-state index in [0.717, 1.165) is 12.0 Å². The van der Waals surface area contributed by atoms with Crippen LogP contribution in [0.3, 0.4) is 0 Å². The van der Waals surface area contributed by atoms with Crippen molar-refractivity contribution in [3.8, 4) is 0 Å². The van der Waals surface area contributed by atoms with E-state index in [9.17, 15) is 13.2 Å². The number of fused-ring (bicyclic) bond motifs is 1. The van der Waals surface area contributed by atoms with Gasteiger partial charge in [-0.05, 0) is 36.6 Å². The topological polar surface area (TPSA) is 12.0 Å². The molecule has 0 bridgehead atoms. The second kappa shape index (κ2) is 4.09. The first kappa shape index (κ1) is 11.5. The zero-order valence-corrected chi connectivity index (χ0v) is 9.06. The van der Waals surface area contributed by atoms with Crippen molar-refractivity contribution in [3.63, 3.8) is 0 Å². The van der Waals surface area contributed by atoms with Gasteiger partial charge in [-0.15, -0.1) is 0 Å². The lowest BCUT2D eigenvalue weighted by Gasteiger charge is -2.28. The van der Waals surface area contributed by atoms with E-state index in [1.54, 1.807) is 6.07 Å². The Balaban J connectivity index is 2.51. The lowest BCUT2D eigenvalue weighted by Crippen LogP contribution is -2.31. The maximum absolute atomic E-state index is 12.8. The molecule has 0 spiro atoms. The van der Waals surface area contributed by atoms with Crippen molar-refractivity contribution in [2.75, 3.05) is 6.54 Å².